The number of anilines is 1. The minimum absolute atomic E-state index is 0.0592. The van der Waals surface area contributed by atoms with Crippen LogP contribution < -0.4 is 5.32 Å². The number of benzene rings is 1. The van der Waals surface area contributed by atoms with E-state index in [1.54, 1.807) is 17.0 Å². The van der Waals surface area contributed by atoms with Gasteiger partial charge in [0.05, 0.1) is 5.52 Å². The Morgan fingerprint density at radius 2 is 1.92 bits per heavy atom. The monoisotopic (exact) mass is 346 g/mol. The summed E-state index contributed by atoms with van der Waals surface area (Å²) in [4.78, 5) is 34.3. The lowest BCUT2D eigenvalue weighted by Crippen LogP contribution is -2.48. The number of para-hydroxylation sites is 1. The molecule has 1 N–H and O–H groups in total. The van der Waals surface area contributed by atoms with E-state index in [1.165, 1.54) is 13.1 Å². The minimum Gasteiger partial charge on any atom is -0.337 e. The molecule has 0 radical (unpaired) electrons. The van der Waals surface area contributed by atoms with Crippen molar-refractivity contribution in [3.05, 3.63) is 66.0 Å². The first-order valence-corrected chi connectivity index (χ1v) is 8.49. The van der Waals surface area contributed by atoms with Crippen LogP contribution in [0.2, 0.25) is 0 Å². The molecule has 26 heavy (non-hydrogen) atoms. The van der Waals surface area contributed by atoms with Gasteiger partial charge in [-0.25, -0.2) is 4.98 Å². The zero-order chi connectivity index (χ0) is 18.1. The van der Waals surface area contributed by atoms with Crippen LogP contribution in [0.15, 0.2) is 54.7 Å². The van der Waals surface area contributed by atoms with E-state index in [4.69, 9.17) is 4.98 Å². The van der Waals surface area contributed by atoms with Crippen molar-refractivity contribution in [2.24, 2.45) is 0 Å². The van der Waals surface area contributed by atoms with Gasteiger partial charge >= 0.3 is 0 Å². The Balaban J connectivity index is 1.45. The maximum Gasteiger partial charge on any atom is 0.254 e. The van der Waals surface area contributed by atoms with Crippen LogP contribution >= 0.6 is 0 Å². The zero-order valence-electron chi connectivity index (χ0n) is 14.3. The smallest absolute Gasteiger partial charge is 0.254 e. The van der Waals surface area contributed by atoms with Crippen molar-refractivity contribution in [3.63, 3.8) is 0 Å². The lowest BCUT2D eigenvalue weighted by atomic mass is 9.94. The molecule has 1 aliphatic heterocycles. The molecule has 3 heterocycles. The number of fused-ring (bicyclic) bond motifs is 1. The molecule has 130 valence electrons. The van der Waals surface area contributed by atoms with Gasteiger partial charge in [0, 0.05) is 48.8 Å². The minimum atomic E-state index is -0.214. The van der Waals surface area contributed by atoms with Gasteiger partial charge in [-0.15, -0.1) is 0 Å². The number of carbonyl (C=O) groups is 2. The second-order valence-corrected chi connectivity index (χ2v) is 6.45. The summed E-state index contributed by atoms with van der Waals surface area (Å²) >= 11 is 0. The Kier molecular flexibility index (Phi) is 4.08. The second kappa shape index (κ2) is 6.55. The van der Waals surface area contributed by atoms with Crippen LogP contribution in [0.1, 0.15) is 28.9 Å². The van der Waals surface area contributed by atoms with Crippen molar-refractivity contribution in [1.29, 1.82) is 0 Å². The van der Waals surface area contributed by atoms with Crippen molar-refractivity contribution in [2.75, 3.05) is 18.4 Å². The quantitative estimate of drug-likeness (QED) is 0.791. The molecule has 1 saturated heterocycles. The summed E-state index contributed by atoms with van der Waals surface area (Å²) in [5.74, 6) is 0.362. The maximum absolute atomic E-state index is 12.6. The molecule has 0 atom stereocenters. The third-order valence-corrected chi connectivity index (χ3v) is 4.52. The third kappa shape index (κ3) is 3.13. The van der Waals surface area contributed by atoms with E-state index in [0.29, 0.717) is 24.5 Å². The number of likely N-dealkylation sites (tertiary alicyclic amines) is 1. The third-order valence-electron chi connectivity index (χ3n) is 4.52. The number of nitrogens with one attached hydrogen (secondary N) is 1. The van der Waals surface area contributed by atoms with Crippen molar-refractivity contribution < 1.29 is 9.59 Å². The SMILES string of the molecule is CC(=O)Nc1cc(C(=O)N2CC(c3ccc4ccccc4n3)C2)ccn1. The van der Waals surface area contributed by atoms with Crippen LogP contribution in [0.3, 0.4) is 0 Å². The molecule has 4 rings (SSSR count). The summed E-state index contributed by atoms with van der Waals surface area (Å²) in [6, 6.07) is 15.4. The Labute approximate surface area is 150 Å². The number of amides is 2. The first kappa shape index (κ1) is 16.2. The summed E-state index contributed by atoms with van der Waals surface area (Å²) in [6.45, 7) is 2.69. The molecule has 0 saturated carbocycles. The highest BCUT2D eigenvalue weighted by Crippen LogP contribution is 2.28. The van der Waals surface area contributed by atoms with Crippen LogP contribution in [0, 0.1) is 0 Å². The molecule has 0 spiro atoms. The van der Waals surface area contributed by atoms with Gasteiger partial charge in [-0.3, -0.25) is 14.6 Å². The molecular weight excluding hydrogens is 328 g/mol. The van der Waals surface area contributed by atoms with E-state index < -0.39 is 0 Å². The molecule has 1 fully saturated rings. The highest BCUT2D eigenvalue weighted by Gasteiger charge is 2.33. The van der Waals surface area contributed by atoms with Gasteiger partial charge in [0.2, 0.25) is 5.91 Å². The molecule has 6 nitrogen and oxygen atoms in total. The van der Waals surface area contributed by atoms with Gasteiger partial charge < -0.3 is 10.2 Å². The van der Waals surface area contributed by atoms with Crippen LogP contribution in [-0.2, 0) is 4.79 Å². The Bertz CT molecular complexity index is 996. The molecule has 3 aromatic rings. The fraction of sp³-hybridized carbons (Fsp3) is 0.200. The second-order valence-electron chi connectivity index (χ2n) is 6.45. The standard InChI is InChI=1S/C20H18N4O2/c1-13(25)22-19-10-15(8-9-21-19)20(26)24-11-16(12-24)18-7-6-14-4-2-3-5-17(14)23-18/h2-10,16H,11-12H2,1H3,(H,21,22,25). The van der Waals surface area contributed by atoms with Gasteiger partial charge in [0.25, 0.3) is 5.91 Å². The van der Waals surface area contributed by atoms with E-state index in [2.05, 4.69) is 16.4 Å². The van der Waals surface area contributed by atoms with Crippen LogP contribution in [0.4, 0.5) is 5.82 Å². The van der Waals surface area contributed by atoms with Crippen molar-refractivity contribution >= 4 is 28.5 Å². The number of carbonyl (C=O) groups excluding carboxylic acids is 2. The Morgan fingerprint density at radius 1 is 1.12 bits per heavy atom. The summed E-state index contributed by atoms with van der Waals surface area (Å²) in [7, 11) is 0. The maximum atomic E-state index is 12.6. The Hall–Kier alpha value is -3.28. The van der Waals surface area contributed by atoms with Gasteiger partial charge in [0.15, 0.2) is 0 Å². The van der Waals surface area contributed by atoms with Crippen LogP contribution in [0.25, 0.3) is 10.9 Å². The number of rotatable bonds is 3. The summed E-state index contributed by atoms with van der Waals surface area (Å²) in [6.07, 6.45) is 1.53. The molecule has 0 bridgehead atoms. The van der Waals surface area contributed by atoms with Crippen molar-refractivity contribution in [1.82, 2.24) is 14.9 Å². The van der Waals surface area contributed by atoms with Gasteiger partial charge in [-0.05, 0) is 24.3 Å². The fourth-order valence-corrected chi connectivity index (χ4v) is 3.14. The highest BCUT2D eigenvalue weighted by molar-refractivity contribution is 5.96. The lowest BCUT2D eigenvalue weighted by molar-refractivity contribution is -0.114. The van der Waals surface area contributed by atoms with Crippen LogP contribution in [0.5, 0.6) is 0 Å². The summed E-state index contributed by atoms with van der Waals surface area (Å²) in [5, 5.41) is 3.71. The average Bonchev–Trinajstić information content (AvgIpc) is 2.60. The van der Waals surface area contributed by atoms with Crippen LogP contribution in [-0.4, -0.2) is 39.8 Å². The number of aromatic nitrogens is 2. The van der Waals surface area contributed by atoms with E-state index in [-0.39, 0.29) is 17.7 Å². The van der Waals surface area contributed by atoms with Crippen molar-refractivity contribution in [2.45, 2.75) is 12.8 Å². The number of nitrogens with zero attached hydrogens (tertiary/aromatic N) is 3. The largest absolute Gasteiger partial charge is 0.337 e. The molecule has 0 unspecified atom stereocenters. The van der Waals surface area contributed by atoms with E-state index >= 15 is 0 Å². The first-order valence-electron chi connectivity index (χ1n) is 8.49. The highest BCUT2D eigenvalue weighted by atomic mass is 16.2. The number of hydrogen-bond acceptors (Lipinski definition) is 4. The molecule has 0 aliphatic carbocycles. The van der Waals surface area contributed by atoms with Gasteiger partial charge in [-0.2, -0.15) is 0 Å². The fourth-order valence-electron chi connectivity index (χ4n) is 3.14. The molecule has 1 aliphatic rings. The Morgan fingerprint density at radius 3 is 2.73 bits per heavy atom. The molecular formula is C20H18N4O2. The first-order chi connectivity index (χ1) is 12.6. The number of hydrogen-bond donors (Lipinski definition) is 1. The normalized spacial score (nSPS) is 14.1. The molecule has 2 aromatic heterocycles. The van der Waals surface area contributed by atoms with Gasteiger partial charge in [0.1, 0.15) is 5.82 Å². The van der Waals surface area contributed by atoms with Gasteiger partial charge in [-0.1, -0.05) is 24.3 Å². The molecule has 2 amide bonds. The lowest BCUT2D eigenvalue weighted by Gasteiger charge is -2.39. The van der Waals surface area contributed by atoms with Crippen molar-refractivity contribution in [3.8, 4) is 0 Å². The predicted molar refractivity (Wildman–Crippen MR) is 98.9 cm³/mol. The average molecular weight is 346 g/mol. The number of pyridine rings is 2. The topological polar surface area (TPSA) is 75.2 Å². The summed E-state index contributed by atoms with van der Waals surface area (Å²) in [5.41, 5.74) is 2.51. The van der Waals surface area contributed by atoms with E-state index in [9.17, 15) is 9.59 Å². The summed E-state index contributed by atoms with van der Waals surface area (Å²) < 4.78 is 0. The molecule has 6 heteroatoms. The molecule has 1 aromatic carbocycles. The van der Waals surface area contributed by atoms with E-state index in [0.717, 1.165) is 16.6 Å². The van der Waals surface area contributed by atoms with E-state index in [1.807, 2.05) is 30.3 Å². The predicted octanol–water partition coefficient (Wildman–Crippen LogP) is 2.83. The zero-order valence-corrected chi connectivity index (χ0v) is 14.3.